The molecule has 0 amide bonds. The van der Waals surface area contributed by atoms with Gasteiger partial charge in [0.25, 0.3) is 0 Å². The molecule has 2 aromatic carbocycles. The summed E-state index contributed by atoms with van der Waals surface area (Å²) in [5, 5.41) is 17.3. The third-order valence-corrected chi connectivity index (χ3v) is 7.70. The number of nitriles is 1. The molecule has 0 bridgehead atoms. The molecule has 0 radical (unpaired) electrons. The van der Waals surface area contributed by atoms with E-state index in [0.717, 1.165) is 0 Å². The molecule has 0 atom stereocenters. The molecule has 2 heterocycles. The summed E-state index contributed by atoms with van der Waals surface area (Å²) < 4.78 is 41.8. The van der Waals surface area contributed by atoms with Crippen molar-refractivity contribution < 1.29 is 12.8 Å². The highest BCUT2D eigenvalue weighted by molar-refractivity contribution is 7.92. The Bertz CT molecular complexity index is 1520. The summed E-state index contributed by atoms with van der Waals surface area (Å²) in [6.45, 7) is 7.17. The Morgan fingerprint density at radius 2 is 1.79 bits per heavy atom. The molecule has 4 aromatic rings. The van der Waals surface area contributed by atoms with Crippen LogP contribution in [-0.2, 0) is 9.84 Å². The second-order valence-electron chi connectivity index (χ2n) is 8.28. The average Bonchev–Trinajstić information content (AvgIpc) is 3.23. The van der Waals surface area contributed by atoms with Crippen molar-refractivity contribution in [3.63, 3.8) is 0 Å². The van der Waals surface area contributed by atoms with Gasteiger partial charge >= 0.3 is 0 Å². The van der Waals surface area contributed by atoms with Crippen LogP contribution in [0, 0.1) is 17.1 Å². The number of rotatable bonds is 5. The molecular weight excluding hydrogens is 441 g/mol. The molecule has 33 heavy (non-hydrogen) atoms. The third kappa shape index (κ3) is 3.87. The van der Waals surface area contributed by atoms with Gasteiger partial charge in [-0.05, 0) is 57.5 Å². The minimum Gasteiger partial charge on any atom is -0.311 e. The number of imidazole rings is 1. The fourth-order valence-electron chi connectivity index (χ4n) is 3.63. The van der Waals surface area contributed by atoms with E-state index < -0.39 is 20.9 Å². The number of nitrogens with zero attached hydrogens (tertiary/aromatic N) is 5. The second-order valence-corrected chi connectivity index (χ2v) is 10.8. The van der Waals surface area contributed by atoms with Crippen LogP contribution < -0.4 is 0 Å². The SMILES string of the molecule is CC(C)n1cnc2c(-c3ccc(F)c(-c4ccc(S(=O)(=O)C(C)C)cc4C#N)c3)cnnc21. The highest BCUT2D eigenvalue weighted by Crippen LogP contribution is 2.34. The van der Waals surface area contributed by atoms with Crippen molar-refractivity contribution in [1.82, 2.24) is 19.7 Å². The van der Waals surface area contributed by atoms with E-state index in [-0.39, 0.29) is 22.1 Å². The fraction of sp³-hybridized carbons (Fsp3) is 0.250. The van der Waals surface area contributed by atoms with Crippen LogP contribution in [0.4, 0.5) is 4.39 Å². The van der Waals surface area contributed by atoms with Crippen LogP contribution >= 0.6 is 0 Å². The molecule has 2 aromatic heterocycles. The summed E-state index contributed by atoms with van der Waals surface area (Å²) in [4.78, 5) is 4.51. The van der Waals surface area contributed by atoms with Gasteiger partial charge in [-0.25, -0.2) is 17.8 Å². The van der Waals surface area contributed by atoms with E-state index in [0.29, 0.717) is 27.9 Å². The van der Waals surface area contributed by atoms with Crippen molar-refractivity contribution in [2.75, 3.05) is 0 Å². The number of fused-ring (bicyclic) bond motifs is 1. The van der Waals surface area contributed by atoms with Crippen LogP contribution in [0.5, 0.6) is 0 Å². The highest BCUT2D eigenvalue weighted by Gasteiger charge is 2.22. The molecule has 4 rings (SSSR count). The molecule has 9 heteroatoms. The summed E-state index contributed by atoms with van der Waals surface area (Å²) in [5.41, 5.74) is 3.16. The first-order chi connectivity index (χ1) is 15.6. The Balaban J connectivity index is 1.88. The zero-order valence-corrected chi connectivity index (χ0v) is 19.4. The summed E-state index contributed by atoms with van der Waals surface area (Å²) in [5.74, 6) is -0.527. The first kappa shape index (κ1) is 22.6. The van der Waals surface area contributed by atoms with Gasteiger partial charge in [0.1, 0.15) is 11.3 Å². The Kier molecular flexibility index (Phi) is 5.72. The van der Waals surface area contributed by atoms with Gasteiger partial charge in [0.05, 0.1) is 34.3 Å². The van der Waals surface area contributed by atoms with Gasteiger partial charge in [-0.3, -0.25) is 0 Å². The van der Waals surface area contributed by atoms with Crippen molar-refractivity contribution in [1.29, 1.82) is 5.26 Å². The first-order valence-corrected chi connectivity index (χ1v) is 12.0. The van der Waals surface area contributed by atoms with Crippen molar-refractivity contribution in [3.05, 3.63) is 60.3 Å². The molecule has 0 N–H and O–H groups in total. The predicted molar refractivity (Wildman–Crippen MR) is 124 cm³/mol. The second kappa shape index (κ2) is 8.37. The summed E-state index contributed by atoms with van der Waals surface area (Å²) in [6, 6.07) is 10.9. The van der Waals surface area contributed by atoms with Crippen LogP contribution in [-0.4, -0.2) is 33.4 Å². The molecular formula is C24H22FN5O2S. The zero-order valence-electron chi connectivity index (χ0n) is 18.6. The Morgan fingerprint density at radius 1 is 1.03 bits per heavy atom. The van der Waals surface area contributed by atoms with Gasteiger partial charge in [0.2, 0.25) is 0 Å². The van der Waals surface area contributed by atoms with Crippen molar-refractivity contribution in [3.8, 4) is 28.3 Å². The molecule has 0 aliphatic carbocycles. The standard InChI is InChI=1S/C24H22FN5O2S/c1-14(2)30-13-27-23-21(12-28-29-24(23)30)16-5-8-22(25)20(10-16)19-7-6-18(9-17(19)11-26)33(31,32)15(3)4/h5-10,12-15H,1-4H3. The molecule has 168 valence electrons. The van der Waals surface area contributed by atoms with Gasteiger partial charge < -0.3 is 4.57 Å². The molecule has 0 saturated heterocycles. The quantitative estimate of drug-likeness (QED) is 0.416. The van der Waals surface area contributed by atoms with Crippen LogP contribution in [0.3, 0.4) is 0 Å². The molecule has 0 spiro atoms. The zero-order chi connectivity index (χ0) is 23.9. The molecule has 0 aliphatic heterocycles. The maximum atomic E-state index is 14.9. The van der Waals surface area contributed by atoms with E-state index in [1.165, 1.54) is 24.3 Å². The minimum absolute atomic E-state index is 0.0358. The number of benzene rings is 2. The number of halogens is 1. The van der Waals surface area contributed by atoms with E-state index in [1.54, 1.807) is 38.5 Å². The summed E-state index contributed by atoms with van der Waals surface area (Å²) in [7, 11) is -3.57. The molecule has 0 aliphatic rings. The molecule has 0 saturated carbocycles. The Hall–Kier alpha value is -3.64. The number of hydrogen-bond donors (Lipinski definition) is 0. The van der Waals surface area contributed by atoms with Crippen LogP contribution in [0.2, 0.25) is 0 Å². The normalized spacial score (nSPS) is 11.9. The number of sulfone groups is 1. The predicted octanol–water partition coefficient (Wildman–Crippen LogP) is 4.93. The van der Waals surface area contributed by atoms with E-state index >= 15 is 0 Å². The summed E-state index contributed by atoms with van der Waals surface area (Å²) >= 11 is 0. The van der Waals surface area contributed by atoms with E-state index in [4.69, 9.17) is 0 Å². The number of aromatic nitrogens is 4. The number of hydrogen-bond acceptors (Lipinski definition) is 6. The van der Waals surface area contributed by atoms with E-state index in [2.05, 4.69) is 15.2 Å². The average molecular weight is 464 g/mol. The molecule has 7 nitrogen and oxygen atoms in total. The fourth-order valence-corrected chi connectivity index (χ4v) is 4.72. The highest BCUT2D eigenvalue weighted by atomic mass is 32.2. The topological polar surface area (TPSA) is 102 Å². The minimum atomic E-state index is -3.57. The van der Waals surface area contributed by atoms with Crippen molar-refractivity contribution in [2.45, 2.75) is 43.9 Å². The van der Waals surface area contributed by atoms with Gasteiger partial charge in [-0.2, -0.15) is 10.4 Å². The van der Waals surface area contributed by atoms with Gasteiger partial charge in [-0.1, -0.05) is 12.1 Å². The smallest absolute Gasteiger partial charge is 0.183 e. The molecule has 0 unspecified atom stereocenters. The van der Waals surface area contributed by atoms with Crippen LogP contribution in [0.15, 0.2) is 53.8 Å². The lowest BCUT2D eigenvalue weighted by Gasteiger charge is -2.12. The van der Waals surface area contributed by atoms with Crippen LogP contribution in [0.25, 0.3) is 33.4 Å². The van der Waals surface area contributed by atoms with Gasteiger partial charge in [-0.15, -0.1) is 5.10 Å². The third-order valence-electron chi connectivity index (χ3n) is 5.55. The van der Waals surface area contributed by atoms with Crippen molar-refractivity contribution >= 4 is 21.0 Å². The van der Waals surface area contributed by atoms with Gasteiger partial charge in [0, 0.05) is 22.7 Å². The Labute approximate surface area is 191 Å². The van der Waals surface area contributed by atoms with Crippen LogP contribution in [0.1, 0.15) is 39.3 Å². The summed E-state index contributed by atoms with van der Waals surface area (Å²) in [6.07, 6.45) is 3.26. The largest absolute Gasteiger partial charge is 0.311 e. The molecule has 0 fully saturated rings. The van der Waals surface area contributed by atoms with E-state index in [9.17, 15) is 18.1 Å². The lowest BCUT2D eigenvalue weighted by atomic mass is 9.96. The van der Waals surface area contributed by atoms with Gasteiger partial charge in [0.15, 0.2) is 15.5 Å². The lowest BCUT2D eigenvalue weighted by molar-refractivity contribution is 0.587. The maximum Gasteiger partial charge on any atom is 0.183 e. The van der Waals surface area contributed by atoms with E-state index in [1.807, 2.05) is 24.5 Å². The van der Waals surface area contributed by atoms with Crippen molar-refractivity contribution in [2.24, 2.45) is 0 Å². The lowest BCUT2D eigenvalue weighted by Crippen LogP contribution is -2.14. The maximum absolute atomic E-state index is 14.9. The monoisotopic (exact) mass is 463 g/mol. The Morgan fingerprint density at radius 3 is 2.45 bits per heavy atom. The first-order valence-electron chi connectivity index (χ1n) is 10.4.